The Morgan fingerprint density at radius 2 is 0.966 bits per heavy atom. The normalized spacial score (nSPS) is 11.0. The predicted octanol–water partition coefficient (Wildman–Crippen LogP) is 5.26. The van der Waals surface area contributed by atoms with Gasteiger partial charge in [0.1, 0.15) is 23.2 Å². The minimum atomic E-state index is 0.228. The second-order valence-corrected chi connectivity index (χ2v) is 7.67. The number of nitrogens with one attached hydrogen (secondary N) is 4. The zero-order valence-corrected chi connectivity index (χ0v) is 17.3. The second kappa shape index (κ2) is 8.78. The monoisotopic (exact) mass is 388 g/mol. The molecule has 0 spiro atoms. The molecule has 0 saturated heterocycles. The summed E-state index contributed by atoms with van der Waals surface area (Å²) >= 11 is 0. The summed E-state index contributed by atoms with van der Waals surface area (Å²) in [6, 6.07) is 20.0. The second-order valence-electron chi connectivity index (χ2n) is 7.67. The molecule has 3 rings (SSSR count). The highest BCUT2D eigenvalue weighted by Gasteiger charge is 2.10. The summed E-state index contributed by atoms with van der Waals surface area (Å²) in [6.45, 7) is 8.07. The maximum atomic E-state index is 8.08. The van der Waals surface area contributed by atoms with Crippen molar-refractivity contribution in [1.82, 2.24) is 10.6 Å². The highest BCUT2D eigenvalue weighted by molar-refractivity contribution is 5.97. The molecule has 3 aromatic rings. The number of hydrogen-bond acceptors (Lipinski definition) is 3. The number of hydrogen-bond donors (Lipinski definition) is 4. The molecule has 0 atom stereocenters. The molecule has 0 aliphatic rings. The Morgan fingerprint density at radius 1 is 0.621 bits per heavy atom. The van der Waals surface area contributed by atoms with E-state index in [0.29, 0.717) is 11.7 Å². The first kappa shape index (κ1) is 20.4. The number of amidine groups is 2. The summed E-state index contributed by atoms with van der Waals surface area (Å²) in [4.78, 5) is 0. The summed E-state index contributed by atoms with van der Waals surface area (Å²) in [5.41, 5.74) is 3.64. The van der Waals surface area contributed by atoms with Crippen LogP contribution >= 0.6 is 0 Å². The summed E-state index contributed by atoms with van der Waals surface area (Å²) in [5.74, 6) is 2.41. The first-order valence-corrected chi connectivity index (χ1v) is 9.85. The Balaban J connectivity index is 1.74. The lowest BCUT2D eigenvalue weighted by molar-refractivity contribution is 0.597. The van der Waals surface area contributed by atoms with Crippen LogP contribution in [0.1, 0.15) is 38.8 Å². The molecule has 0 fully saturated rings. The quantitative estimate of drug-likeness (QED) is 0.343. The van der Waals surface area contributed by atoms with Crippen LogP contribution in [-0.4, -0.2) is 23.8 Å². The maximum Gasteiger partial charge on any atom is 0.134 e. The van der Waals surface area contributed by atoms with Crippen LogP contribution in [-0.2, 0) is 0 Å². The van der Waals surface area contributed by atoms with E-state index in [1.54, 1.807) is 0 Å². The topological polar surface area (TPSA) is 84.9 Å². The van der Waals surface area contributed by atoms with Crippen molar-refractivity contribution in [3.8, 4) is 22.6 Å². The van der Waals surface area contributed by atoms with Gasteiger partial charge in [-0.15, -0.1) is 0 Å². The molecule has 4 N–H and O–H groups in total. The highest BCUT2D eigenvalue weighted by atomic mass is 16.3. The number of benzene rings is 2. The van der Waals surface area contributed by atoms with Crippen LogP contribution in [0.3, 0.4) is 0 Å². The lowest BCUT2D eigenvalue weighted by atomic mass is 10.1. The van der Waals surface area contributed by atoms with Crippen molar-refractivity contribution in [3.63, 3.8) is 0 Å². The third-order valence-electron chi connectivity index (χ3n) is 4.39. The SMILES string of the molecule is CC(C)NC(=N)c1ccc(-c2ccc(-c3ccc(C(=N)NC(C)C)cc3)o2)cc1. The number of furan rings is 1. The van der Waals surface area contributed by atoms with E-state index >= 15 is 0 Å². The Bertz CT molecular complexity index is 902. The zero-order chi connectivity index (χ0) is 21.0. The fraction of sp³-hybridized carbons (Fsp3) is 0.250. The van der Waals surface area contributed by atoms with Crippen LogP contribution in [0.25, 0.3) is 22.6 Å². The molecule has 5 nitrogen and oxygen atoms in total. The van der Waals surface area contributed by atoms with E-state index in [2.05, 4.69) is 10.6 Å². The third kappa shape index (κ3) is 5.13. The smallest absolute Gasteiger partial charge is 0.134 e. The van der Waals surface area contributed by atoms with E-state index in [1.165, 1.54) is 0 Å². The van der Waals surface area contributed by atoms with Gasteiger partial charge in [0.15, 0.2) is 0 Å². The first-order chi connectivity index (χ1) is 13.8. The molecule has 0 amide bonds. The van der Waals surface area contributed by atoms with E-state index in [1.807, 2.05) is 88.4 Å². The van der Waals surface area contributed by atoms with Crippen LogP contribution < -0.4 is 10.6 Å². The molecule has 150 valence electrons. The van der Waals surface area contributed by atoms with E-state index in [-0.39, 0.29) is 12.1 Å². The lowest BCUT2D eigenvalue weighted by Gasteiger charge is -2.11. The van der Waals surface area contributed by atoms with Gasteiger partial charge in [-0.3, -0.25) is 10.8 Å². The maximum absolute atomic E-state index is 8.08. The Kier molecular flexibility index (Phi) is 6.17. The van der Waals surface area contributed by atoms with Crippen LogP contribution in [0.15, 0.2) is 65.1 Å². The molecule has 0 saturated carbocycles. The molecule has 5 heteroatoms. The van der Waals surface area contributed by atoms with Crippen LogP contribution in [0, 0.1) is 10.8 Å². The number of rotatable bonds is 6. The highest BCUT2D eigenvalue weighted by Crippen LogP contribution is 2.29. The third-order valence-corrected chi connectivity index (χ3v) is 4.39. The van der Waals surface area contributed by atoms with E-state index < -0.39 is 0 Å². The largest absolute Gasteiger partial charge is 0.456 e. The molecule has 2 aromatic carbocycles. The zero-order valence-electron chi connectivity index (χ0n) is 17.3. The van der Waals surface area contributed by atoms with Gasteiger partial charge < -0.3 is 15.1 Å². The van der Waals surface area contributed by atoms with Crippen LogP contribution in [0.5, 0.6) is 0 Å². The van der Waals surface area contributed by atoms with Gasteiger partial charge in [-0.25, -0.2) is 0 Å². The Hall–Kier alpha value is -3.34. The van der Waals surface area contributed by atoms with Gasteiger partial charge in [0.25, 0.3) is 0 Å². The van der Waals surface area contributed by atoms with Crippen molar-refractivity contribution in [2.75, 3.05) is 0 Å². The molecule has 0 aliphatic heterocycles. The van der Waals surface area contributed by atoms with Gasteiger partial charge >= 0.3 is 0 Å². The molecule has 1 aromatic heterocycles. The summed E-state index contributed by atoms with van der Waals surface area (Å²) in [6.07, 6.45) is 0. The van der Waals surface area contributed by atoms with E-state index in [4.69, 9.17) is 15.2 Å². The van der Waals surface area contributed by atoms with E-state index in [0.717, 1.165) is 33.8 Å². The standard InChI is InChI=1S/C24H28N4O/c1-15(2)27-23(25)19-9-5-17(6-10-19)21-13-14-22(29-21)18-7-11-20(12-8-18)24(26)28-16(3)4/h5-16H,1-4H3,(H2,25,27)(H2,26,28). The first-order valence-electron chi connectivity index (χ1n) is 9.85. The minimum absolute atomic E-state index is 0.228. The van der Waals surface area contributed by atoms with Gasteiger partial charge in [-0.2, -0.15) is 0 Å². The molecule has 0 bridgehead atoms. The van der Waals surface area contributed by atoms with Crippen LogP contribution in [0.4, 0.5) is 0 Å². The van der Waals surface area contributed by atoms with Gasteiger partial charge in [0.05, 0.1) is 0 Å². The fourth-order valence-corrected chi connectivity index (χ4v) is 2.99. The summed E-state index contributed by atoms with van der Waals surface area (Å²) in [7, 11) is 0. The molecular formula is C24H28N4O. The van der Waals surface area contributed by atoms with Gasteiger partial charge in [-0.1, -0.05) is 48.5 Å². The lowest BCUT2D eigenvalue weighted by Crippen LogP contribution is -2.30. The Labute approximate surface area is 172 Å². The van der Waals surface area contributed by atoms with Crippen molar-refractivity contribution in [2.45, 2.75) is 39.8 Å². The molecule has 1 heterocycles. The van der Waals surface area contributed by atoms with Gasteiger partial charge in [0, 0.05) is 34.3 Å². The summed E-state index contributed by atoms with van der Waals surface area (Å²) in [5, 5.41) is 22.4. The van der Waals surface area contributed by atoms with Crippen molar-refractivity contribution in [3.05, 3.63) is 71.8 Å². The predicted molar refractivity (Wildman–Crippen MR) is 120 cm³/mol. The minimum Gasteiger partial charge on any atom is -0.456 e. The van der Waals surface area contributed by atoms with Gasteiger partial charge in [-0.05, 0) is 39.8 Å². The van der Waals surface area contributed by atoms with Crippen molar-refractivity contribution in [1.29, 1.82) is 10.8 Å². The van der Waals surface area contributed by atoms with Crippen molar-refractivity contribution >= 4 is 11.7 Å². The van der Waals surface area contributed by atoms with Crippen molar-refractivity contribution in [2.24, 2.45) is 0 Å². The van der Waals surface area contributed by atoms with Gasteiger partial charge in [0.2, 0.25) is 0 Å². The summed E-state index contributed by atoms with van der Waals surface area (Å²) < 4.78 is 6.05. The van der Waals surface area contributed by atoms with E-state index in [9.17, 15) is 0 Å². The molecule has 0 aliphatic carbocycles. The molecule has 0 radical (unpaired) electrons. The Morgan fingerprint density at radius 3 is 1.28 bits per heavy atom. The molecule has 0 unspecified atom stereocenters. The average Bonchev–Trinajstić information content (AvgIpc) is 3.17. The molecule has 29 heavy (non-hydrogen) atoms. The van der Waals surface area contributed by atoms with Crippen LogP contribution in [0.2, 0.25) is 0 Å². The van der Waals surface area contributed by atoms with Crippen molar-refractivity contribution < 1.29 is 4.42 Å². The average molecular weight is 389 g/mol. The molecular weight excluding hydrogens is 360 g/mol. The fourth-order valence-electron chi connectivity index (χ4n) is 2.99.